The van der Waals surface area contributed by atoms with Gasteiger partial charge in [-0.1, -0.05) is 11.6 Å². The Morgan fingerprint density at radius 1 is 1.50 bits per heavy atom. The molecule has 0 saturated carbocycles. The number of hydrogen-bond donors (Lipinski definition) is 0. The van der Waals surface area contributed by atoms with E-state index in [1.807, 2.05) is 12.1 Å². The number of aromatic nitrogens is 3. The fraction of sp³-hybridized carbons (Fsp3) is 0. The molecule has 3 nitrogen and oxygen atoms in total. The largest absolute Gasteiger partial charge is 0.220 e. The molecule has 2 aromatic heterocycles. The van der Waals surface area contributed by atoms with Crippen molar-refractivity contribution in [3.05, 3.63) is 29.7 Å². The Labute approximate surface area is 62.3 Å². The van der Waals surface area contributed by atoms with Gasteiger partial charge in [-0.05, 0) is 12.1 Å². The van der Waals surface area contributed by atoms with Gasteiger partial charge in [0.15, 0.2) is 5.65 Å². The van der Waals surface area contributed by atoms with Crippen molar-refractivity contribution in [1.82, 2.24) is 14.6 Å². The average Bonchev–Trinajstić information content (AvgIpc) is 2.27. The van der Waals surface area contributed by atoms with Gasteiger partial charge >= 0.3 is 0 Å². The van der Waals surface area contributed by atoms with Crippen molar-refractivity contribution in [3.63, 3.8) is 0 Å². The molecule has 0 atom stereocenters. The van der Waals surface area contributed by atoms with E-state index in [2.05, 4.69) is 10.1 Å². The summed E-state index contributed by atoms with van der Waals surface area (Å²) in [6.07, 6.45) is 3.35. The van der Waals surface area contributed by atoms with Gasteiger partial charge < -0.3 is 0 Å². The highest BCUT2D eigenvalue weighted by atomic mass is 35.5. The van der Waals surface area contributed by atoms with Crippen molar-refractivity contribution in [3.8, 4) is 0 Å². The molecule has 0 amide bonds. The second-order valence-electron chi connectivity index (χ2n) is 1.89. The van der Waals surface area contributed by atoms with Gasteiger partial charge in [-0.15, -0.1) is 0 Å². The molecule has 0 N–H and O–H groups in total. The normalized spacial score (nSPS) is 10.5. The summed E-state index contributed by atoms with van der Waals surface area (Å²) in [4.78, 5) is 3.98. The number of fused-ring (bicyclic) bond motifs is 1. The molecule has 0 aliphatic heterocycles. The van der Waals surface area contributed by atoms with E-state index in [9.17, 15) is 0 Å². The Kier molecular flexibility index (Phi) is 1.11. The fourth-order valence-corrected chi connectivity index (χ4v) is 0.981. The van der Waals surface area contributed by atoms with Crippen molar-refractivity contribution < 1.29 is 0 Å². The average molecular weight is 154 g/mol. The van der Waals surface area contributed by atoms with Crippen LogP contribution in [0.2, 0.25) is 5.15 Å². The minimum Gasteiger partial charge on any atom is -0.220 e. The summed E-state index contributed by atoms with van der Waals surface area (Å²) in [5.74, 6) is 0. The third-order valence-corrected chi connectivity index (χ3v) is 1.39. The van der Waals surface area contributed by atoms with E-state index in [-0.39, 0.29) is 0 Å². The second-order valence-corrected chi connectivity index (χ2v) is 2.28. The summed E-state index contributed by atoms with van der Waals surface area (Å²) in [5, 5.41) is 4.44. The molecule has 0 spiro atoms. The molecule has 0 radical (unpaired) electrons. The zero-order valence-electron chi connectivity index (χ0n) is 5.03. The third kappa shape index (κ3) is 0.752. The summed E-state index contributed by atoms with van der Waals surface area (Å²) < 4.78 is 1.63. The van der Waals surface area contributed by atoms with Crippen LogP contribution in [0.15, 0.2) is 24.5 Å². The van der Waals surface area contributed by atoms with Gasteiger partial charge in [0.25, 0.3) is 0 Å². The van der Waals surface area contributed by atoms with E-state index in [0.717, 1.165) is 5.65 Å². The van der Waals surface area contributed by atoms with E-state index in [1.165, 1.54) is 0 Å². The molecule has 50 valence electrons. The Balaban J connectivity index is 2.88. The molecule has 0 aliphatic carbocycles. The maximum atomic E-state index is 5.61. The molecule has 0 aromatic carbocycles. The number of halogens is 1. The molecule has 0 unspecified atom stereocenters. The minimum atomic E-state index is 0.471. The minimum absolute atomic E-state index is 0.471. The highest BCUT2D eigenvalue weighted by molar-refractivity contribution is 6.29. The Morgan fingerprint density at radius 2 is 2.40 bits per heavy atom. The summed E-state index contributed by atoms with van der Waals surface area (Å²) in [6.45, 7) is 0. The van der Waals surface area contributed by atoms with Gasteiger partial charge in [0.05, 0.1) is 6.20 Å². The second kappa shape index (κ2) is 1.95. The summed E-state index contributed by atoms with van der Waals surface area (Å²) in [7, 11) is 0. The van der Waals surface area contributed by atoms with Gasteiger partial charge in [-0.3, -0.25) is 0 Å². The molecular weight excluding hydrogens is 150 g/mol. The lowest BCUT2D eigenvalue weighted by Crippen LogP contribution is -1.85. The first-order valence-corrected chi connectivity index (χ1v) is 3.20. The monoisotopic (exact) mass is 153 g/mol. The maximum Gasteiger partial charge on any atom is 0.155 e. The highest BCUT2D eigenvalue weighted by Crippen LogP contribution is 2.06. The van der Waals surface area contributed by atoms with E-state index in [0.29, 0.717) is 5.15 Å². The molecule has 0 aliphatic rings. The predicted octanol–water partition coefficient (Wildman–Crippen LogP) is 1.38. The zero-order chi connectivity index (χ0) is 6.97. The van der Waals surface area contributed by atoms with Gasteiger partial charge in [0.1, 0.15) is 5.15 Å². The first kappa shape index (κ1) is 5.68. The van der Waals surface area contributed by atoms with Crippen LogP contribution in [0.5, 0.6) is 0 Å². The first-order chi connectivity index (χ1) is 4.86. The van der Waals surface area contributed by atoms with Crippen LogP contribution >= 0.6 is 11.6 Å². The Morgan fingerprint density at radius 3 is 3.20 bits per heavy atom. The summed E-state index contributed by atoms with van der Waals surface area (Å²) in [6, 6.07) is 3.66. The van der Waals surface area contributed by atoms with Crippen LogP contribution in [0.4, 0.5) is 0 Å². The van der Waals surface area contributed by atoms with Gasteiger partial charge in [0.2, 0.25) is 0 Å². The number of nitrogens with zero attached hydrogens (tertiary/aromatic N) is 3. The molecular formula is C6H4ClN3. The summed E-state index contributed by atoms with van der Waals surface area (Å²) >= 11 is 5.61. The topological polar surface area (TPSA) is 30.2 Å². The number of hydrogen-bond acceptors (Lipinski definition) is 2. The lowest BCUT2D eigenvalue weighted by Gasteiger charge is -1.85. The Hall–Kier alpha value is -1.09. The van der Waals surface area contributed by atoms with Crippen molar-refractivity contribution in [2.24, 2.45) is 0 Å². The predicted molar refractivity (Wildman–Crippen MR) is 38.0 cm³/mol. The first-order valence-electron chi connectivity index (χ1n) is 2.82. The van der Waals surface area contributed by atoms with Crippen LogP contribution in [0.1, 0.15) is 0 Å². The van der Waals surface area contributed by atoms with Crippen LogP contribution in [-0.2, 0) is 0 Å². The third-order valence-electron chi connectivity index (χ3n) is 1.21. The SMILES string of the molecule is Clc1cn2ncccc2n1. The van der Waals surface area contributed by atoms with Crippen LogP contribution in [-0.4, -0.2) is 14.6 Å². The van der Waals surface area contributed by atoms with E-state index in [1.54, 1.807) is 16.9 Å². The molecule has 0 fully saturated rings. The van der Waals surface area contributed by atoms with Gasteiger partial charge in [-0.25, -0.2) is 9.50 Å². The lowest BCUT2D eigenvalue weighted by atomic mass is 10.6. The number of rotatable bonds is 0. The van der Waals surface area contributed by atoms with Crippen LogP contribution < -0.4 is 0 Å². The Bertz CT molecular complexity index is 322. The molecule has 2 heterocycles. The van der Waals surface area contributed by atoms with Crippen LogP contribution in [0.25, 0.3) is 5.65 Å². The molecule has 10 heavy (non-hydrogen) atoms. The smallest absolute Gasteiger partial charge is 0.155 e. The molecule has 4 heteroatoms. The van der Waals surface area contributed by atoms with Crippen molar-refractivity contribution in [2.45, 2.75) is 0 Å². The van der Waals surface area contributed by atoms with Gasteiger partial charge in [0, 0.05) is 6.20 Å². The van der Waals surface area contributed by atoms with Crippen LogP contribution in [0.3, 0.4) is 0 Å². The highest BCUT2D eigenvalue weighted by Gasteiger charge is 1.95. The van der Waals surface area contributed by atoms with Crippen molar-refractivity contribution in [1.29, 1.82) is 0 Å². The standard InChI is InChI=1S/C6H4ClN3/c7-5-4-10-6(9-5)2-1-3-8-10/h1-4H. The van der Waals surface area contributed by atoms with Crippen LogP contribution in [0, 0.1) is 0 Å². The molecule has 0 bridgehead atoms. The van der Waals surface area contributed by atoms with E-state index in [4.69, 9.17) is 11.6 Å². The fourth-order valence-electron chi connectivity index (χ4n) is 0.802. The zero-order valence-corrected chi connectivity index (χ0v) is 5.78. The van der Waals surface area contributed by atoms with Crippen molar-refractivity contribution >= 4 is 17.2 Å². The van der Waals surface area contributed by atoms with Gasteiger partial charge in [-0.2, -0.15) is 5.10 Å². The molecule has 2 aromatic rings. The summed E-state index contributed by atoms with van der Waals surface area (Å²) in [5.41, 5.74) is 0.771. The van der Waals surface area contributed by atoms with Crippen molar-refractivity contribution in [2.75, 3.05) is 0 Å². The van der Waals surface area contributed by atoms with E-state index >= 15 is 0 Å². The number of imidazole rings is 1. The quantitative estimate of drug-likeness (QED) is 0.573. The lowest BCUT2D eigenvalue weighted by molar-refractivity contribution is 0.936. The maximum absolute atomic E-state index is 5.61. The van der Waals surface area contributed by atoms with E-state index < -0.39 is 0 Å². The molecule has 0 saturated heterocycles. The molecule has 2 rings (SSSR count).